The maximum absolute atomic E-state index is 11.7. The van der Waals surface area contributed by atoms with Crippen molar-refractivity contribution < 1.29 is 35.0 Å². The summed E-state index contributed by atoms with van der Waals surface area (Å²) in [5, 5.41) is 52.0. The fraction of sp³-hybridized carbons (Fsp3) is 0.939. The third kappa shape index (κ3) is 5.35. The fourth-order valence-electron chi connectivity index (χ4n) is 10.1. The zero-order valence-electron chi connectivity index (χ0n) is 25.4. The summed E-state index contributed by atoms with van der Waals surface area (Å²) in [6, 6.07) is 0. The van der Waals surface area contributed by atoms with E-state index < -0.39 is 43.4 Å². The molecule has 14 atom stereocenters. The van der Waals surface area contributed by atoms with Gasteiger partial charge in [-0.25, -0.2) is 0 Å². The van der Waals surface area contributed by atoms with Crippen LogP contribution in [0.3, 0.4) is 0 Å². The first-order valence-electron chi connectivity index (χ1n) is 16.3. The number of fused-ring (bicyclic) bond motifs is 5. The molecule has 4 aliphatic carbocycles. The van der Waals surface area contributed by atoms with E-state index in [2.05, 4.69) is 40.7 Å². The maximum Gasteiger partial charge on any atom is 0.186 e. The van der Waals surface area contributed by atoms with Gasteiger partial charge in [0.2, 0.25) is 0 Å². The van der Waals surface area contributed by atoms with Gasteiger partial charge in [0.15, 0.2) is 6.29 Å². The summed E-state index contributed by atoms with van der Waals surface area (Å²) in [7, 11) is 0. The average Bonchev–Trinajstić information content (AvgIpc) is 3.26. The van der Waals surface area contributed by atoms with E-state index in [1.165, 1.54) is 44.1 Å². The number of ether oxygens (including phenoxy) is 2. The van der Waals surface area contributed by atoms with Gasteiger partial charge in [0.05, 0.1) is 18.8 Å². The van der Waals surface area contributed by atoms with Gasteiger partial charge in [-0.1, -0.05) is 65.5 Å². The second-order valence-corrected chi connectivity index (χ2v) is 15.1. The van der Waals surface area contributed by atoms with Gasteiger partial charge in [0.1, 0.15) is 24.4 Å². The van der Waals surface area contributed by atoms with Gasteiger partial charge in [0, 0.05) is 0 Å². The van der Waals surface area contributed by atoms with E-state index in [-0.39, 0.29) is 11.5 Å². The summed E-state index contributed by atoms with van der Waals surface area (Å²) >= 11 is 0. The molecular weight excluding hydrogens is 508 g/mol. The summed E-state index contributed by atoms with van der Waals surface area (Å²) < 4.78 is 11.8. The maximum atomic E-state index is 11.7. The average molecular weight is 565 g/mol. The Morgan fingerprint density at radius 2 is 1.68 bits per heavy atom. The van der Waals surface area contributed by atoms with E-state index in [0.717, 1.165) is 37.0 Å². The van der Waals surface area contributed by atoms with Crippen molar-refractivity contribution in [3.05, 3.63) is 11.6 Å². The third-order valence-corrected chi connectivity index (χ3v) is 12.5. The Hall–Kier alpha value is -0.540. The minimum Gasteiger partial charge on any atom is -0.394 e. The van der Waals surface area contributed by atoms with Crippen LogP contribution >= 0.6 is 0 Å². The molecular formula is C33H56O7. The number of aliphatic hydroxyl groups excluding tert-OH is 5. The van der Waals surface area contributed by atoms with Crippen LogP contribution in [0.1, 0.15) is 98.8 Å². The van der Waals surface area contributed by atoms with Crippen molar-refractivity contribution >= 4 is 0 Å². The summed E-state index contributed by atoms with van der Waals surface area (Å²) in [6.07, 6.45) is 6.47. The molecule has 4 fully saturated rings. The molecule has 1 heterocycles. The lowest BCUT2D eigenvalue weighted by atomic mass is 9.46. The normalized spacial score (nSPS) is 49.7. The van der Waals surface area contributed by atoms with Gasteiger partial charge in [-0.2, -0.15) is 0 Å². The molecule has 0 radical (unpaired) electrons. The number of rotatable bonds is 8. The van der Waals surface area contributed by atoms with Crippen molar-refractivity contribution in [3.63, 3.8) is 0 Å². The summed E-state index contributed by atoms with van der Waals surface area (Å²) in [5.41, 5.74) is 1.59. The van der Waals surface area contributed by atoms with Crippen molar-refractivity contribution in [2.75, 3.05) is 6.61 Å². The Morgan fingerprint density at radius 1 is 0.925 bits per heavy atom. The Labute approximate surface area is 241 Å². The highest BCUT2D eigenvalue weighted by atomic mass is 16.7. The first-order valence-corrected chi connectivity index (χ1v) is 16.3. The summed E-state index contributed by atoms with van der Waals surface area (Å²) in [4.78, 5) is 0. The van der Waals surface area contributed by atoms with Gasteiger partial charge < -0.3 is 35.0 Å². The Balaban J connectivity index is 1.28. The van der Waals surface area contributed by atoms with Crippen molar-refractivity contribution in [2.45, 2.75) is 142 Å². The molecule has 5 N–H and O–H groups in total. The van der Waals surface area contributed by atoms with E-state index in [4.69, 9.17) is 9.47 Å². The van der Waals surface area contributed by atoms with Crippen LogP contribution in [0, 0.1) is 46.3 Å². The van der Waals surface area contributed by atoms with E-state index >= 15 is 0 Å². The molecule has 1 aliphatic heterocycles. The number of aliphatic hydroxyl groups is 5. The van der Waals surface area contributed by atoms with Crippen molar-refractivity contribution in [1.82, 2.24) is 0 Å². The van der Waals surface area contributed by atoms with Crippen LogP contribution in [-0.4, -0.2) is 75.1 Å². The molecule has 5 aliphatic rings. The van der Waals surface area contributed by atoms with Crippen LogP contribution in [0.5, 0.6) is 0 Å². The van der Waals surface area contributed by atoms with Gasteiger partial charge in [0.25, 0.3) is 0 Å². The summed E-state index contributed by atoms with van der Waals surface area (Å²) in [5.74, 6) is 3.59. The van der Waals surface area contributed by atoms with Crippen LogP contribution < -0.4 is 0 Å². The Morgan fingerprint density at radius 3 is 2.38 bits per heavy atom. The minimum atomic E-state index is -1.44. The Kier molecular flexibility index (Phi) is 9.16. The number of hydrogen-bond acceptors (Lipinski definition) is 7. The zero-order valence-corrected chi connectivity index (χ0v) is 25.4. The second-order valence-electron chi connectivity index (χ2n) is 15.1. The summed E-state index contributed by atoms with van der Waals surface area (Å²) in [6.45, 7) is 11.6. The predicted octanol–water partition coefficient (Wildman–Crippen LogP) is 4.18. The van der Waals surface area contributed by atoms with Crippen molar-refractivity contribution in [2.24, 2.45) is 46.3 Å². The molecule has 0 amide bonds. The zero-order chi connectivity index (χ0) is 29.0. The van der Waals surface area contributed by atoms with Crippen LogP contribution in [-0.2, 0) is 9.47 Å². The van der Waals surface area contributed by atoms with E-state index in [1.54, 1.807) is 0 Å². The first kappa shape index (κ1) is 30.9. The van der Waals surface area contributed by atoms with Crippen LogP contribution in [0.25, 0.3) is 0 Å². The third-order valence-electron chi connectivity index (χ3n) is 12.5. The molecule has 0 bridgehead atoms. The molecule has 0 unspecified atom stereocenters. The monoisotopic (exact) mass is 564 g/mol. The predicted molar refractivity (Wildman–Crippen MR) is 153 cm³/mol. The molecule has 0 spiro atoms. The quantitative estimate of drug-likeness (QED) is 0.281. The van der Waals surface area contributed by atoms with Crippen LogP contribution in [0.15, 0.2) is 11.6 Å². The smallest absolute Gasteiger partial charge is 0.186 e. The molecule has 230 valence electrons. The van der Waals surface area contributed by atoms with Gasteiger partial charge >= 0.3 is 0 Å². The molecule has 0 aromatic heterocycles. The highest BCUT2D eigenvalue weighted by Gasteiger charge is 2.61. The van der Waals surface area contributed by atoms with E-state index in [0.29, 0.717) is 29.6 Å². The topological polar surface area (TPSA) is 120 Å². The minimum absolute atomic E-state index is 0.0292. The standard InChI is InChI=1S/C33H56O7/c1-18(2)7-6-8-19(3)22-9-10-23-27-24(12-14-33(22,23)5)32(4)13-11-21(15-20(32)16-25(27)35)39-31-30(38)29(37)28(36)26(17-34)40-31/h16,18-19,21-31,34-38H,6-15,17H2,1-5H3/t19-,21+,22-,23+,24+,25+,26-,27+,28+,29+,30-,31+,32+,33-/m1/s1. The lowest BCUT2D eigenvalue weighted by molar-refractivity contribution is -0.313. The molecule has 7 heteroatoms. The van der Waals surface area contributed by atoms with Gasteiger partial charge in [-0.05, 0) is 91.3 Å². The first-order chi connectivity index (χ1) is 18.9. The number of hydrogen-bond donors (Lipinski definition) is 5. The SMILES string of the molecule is CC(C)CCC[C@@H](C)[C@H]1CC[C@H]2[C@@H]3[C@@H](O)C=C4C[C@@H](O[C@H]5O[C@H](CO)[C@H](O)[C@H](O)[C@H]5O)CC[C@]4(C)[C@H]3CC[C@]12C. The van der Waals surface area contributed by atoms with E-state index in [9.17, 15) is 25.5 Å². The van der Waals surface area contributed by atoms with Crippen LogP contribution in [0.2, 0.25) is 0 Å². The van der Waals surface area contributed by atoms with Gasteiger partial charge in [-0.15, -0.1) is 0 Å². The molecule has 5 rings (SSSR count). The molecule has 0 aromatic carbocycles. The highest BCUT2D eigenvalue weighted by Crippen LogP contribution is 2.67. The molecule has 7 nitrogen and oxygen atoms in total. The Bertz CT molecular complexity index is 905. The molecule has 40 heavy (non-hydrogen) atoms. The molecule has 3 saturated carbocycles. The second kappa shape index (κ2) is 11.9. The lowest BCUT2D eigenvalue weighted by Crippen LogP contribution is -2.60. The lowest BCUT2D eigenvalue weighted by Gasteiger charge is -2.59. The largest absolute Gasteiger partial charge is 0.394 e. The fourth-order valence-corrected chi connectivity index (χ4v) is 10.1. The highest BCUT2D eigenvalue weighted by molar-refractivity contribution is 5.28. The van der Waals surface area contributed by atoms with Crippen LogP contribution in [0.4, 0.5) is 0 Å². The van der Waals surface area contributed by atoms with E-state index in [1.807, 2.05) is 0 Å². The molecule has 0 aromatic rings. The molecule has 1 saturated heterocycles. The van der Waals surface area contributed by atoms with Crippen molar-refractivity contribution in [1.29, 1.82) is 0 Å². The van der Waals surface area contributed by atoms with Gasteiger partial charge in [-0.3, -0.25) is 0 Å². The van der Waals surface area contributed by atoms with Crippen molar-refractivity contribution in [3.8, 4) is 0 Å².